The van der Waals surface area contributed by atoms with Crippen molar-refractivity contribution in [1.29, 1.82) is 0 Å². The monoisotopic (exact) mass is 348 g/mol. The van der Waals surface area contributed by atoms with Crippen LogP contribution in [0.4, 0.5) is 5.69 Å². The van der Waals surface area contributed by atoms with Gasteiger partial charge in [-0.05, 0) is 25.1 Å². The normalized spacial score (nSPS) is 16.0. The van der Waals surface area contributed by atoms with E-state index in [9.17, 15) is 19.2 Å². The molecule has 0 spiro atoms. The highest BCUT2D eigenvalue weighted by Crippen LogP contribution is 2.34. The van der Waals surface area contributed by atoms with Gasteiger partial charge in [-0.3, -0.25) is 19.2 Å². The van der Waals surface area contributed by atoms with Crippen LogP contribution in [0.1, 0.15) is 36.5 Å². The molecule has 1 heterocycles. The Kier molecular flexibility index (Phi) is 5.74. The van der Waals surface area contributed by atoms with Crippen molar-refractivity contribution in [1.82, 2.24) is 5.32 Å². The molecule has 1 atom stereocenters. The van der Waals surface area contributed by atoms with Gasteiger partial charge in [0.15, 0.2) is 11.9 Å². The van der Waals surface area contributed by atoms with Gasteiger partial charge in [0, 0.05) is 32.0 Å². The molecule has 0 aliphatic carbocycles. The molecule has 2 rings (SSSR count). The molecule has 1 unspecified atom stereocenters. The van der Waals surface area contributed by atoms with Crippen LogP contribution in [0, 0.1) is 0 Å². The predicted octanol–water partition coefficient (Wildman–Crippen LogP) is 0.984. The first-order chi connectivity index (χ1) is 11.8. The Balaban J connectivity index is 1.96. The summed E-state index contributed by atoms with van der Waals surface area (Å²) in [4.78, 5) is 47.6. The number of ether oxygens (including phenoxy) is 1. The molecule has 134 valence electrons. The first kappa shape index (κ1) is 18.4. The largest absolute Gasteiger partial charge is 0.481 e. The number of likely N-dealkylation sites (N-methyl/N-ethyl adjacent to an activating group) is 1. The van der Waals surface area contributed by atoms with E-state index < -0.39 is 12.1 Å². The van der Waals surface area contributed by atoms with Crippen molar-refractivity contribution in [3.63, 3.8) is 0 Å². The fourth-order valence-electron chi connectivity index (χ4n) is 2.45. The van der Waals surface area contributed by atoms with E-state index >= 15 is 0 Å². The maximum atomic E-state index is 12.3. The Hall–Kier alpha value is -2.90. The maximum absolute atomic E-state index is 12.3. The van der Waals surface area contributed by atoms with Crippen molar-refractivity contribution >= 4 is 29.3 Å². The molecular weight excluding hydrogens is 328 g/mol. The number of nitrogens with one attached hydrogen (secondary N) is 1. The standard InChI is InChI=1S/C17H20N2O6/c1-10-17(24)19(2)12-9-11(3-5-14(12)25-10)13(20)4-6-15(21)18-8-7-16(22)23/h3,5,9-10H,4,6-8H2,1-2H3,(H,18,21)(H,22,23). The lowest BCUT2D eigenvalue weighted by Gasteiger charge is -2.30. The Morgan fingerprint density at radius 1 is 1.24 bits per heavy atom. The summed E-state index contributed by atoms with van der Waals surface area (Å²) < 4.78 is 5.50. The van der Waals surface area contributed by atoms with E-state index in [1.807, 2.05) is 0 Å². The second-order valence-electron chi connectivity index (χ2n) is 5.76. The van der Waals surface area contributed by atoms with Crippen LogP contribution in [0.2, 0.25) is 0 Å². The number of carboxylic acid groups (broad SMARTS) is 1. The third kappa shape index (κ3) is 4.56. The number of carbonyl (C=O) groups is 4. The second kappa shape index (κ2) is 7.78. The third-order valence-corrected chi connectivity index (χ3v) is 3.86. The lowest BCUT2D eigenvalue weighted by Crippen LogP contribution is -2.42. The summed E-state index contributed by atoms with van der Waals surface area (Å²) in [7, 11) is 1.62. The van der Waals surface area contributed by atoms with Crippen LogP contribution in [0.15, 0.2) is 18.2 Å². The van der Waals surface area contributed by atoms with Gasteiger partial charge < -0.3 is 20.1 Å². The van der Waals surface area contributed by atoms with E-state index in [1.54, 1.807) is 32.2 Å². The van der Waals surface area contributed by atoms with E-state index in [-0.39, 0.29) is 43.4 Å². The number of nitrogens with zero attached hydrogens (tertiary/aromatic N) is 1. The fourth-order valence-corrected chi connectivity index (χ4v) is 2.45. The predicted molar refractivity (Wildman–Crippen MR) is 88.8 cm³/mol. The third-order valence-electron chi connectivity index (χ3n) is 3.86. The van der Waals surface area contributed by atoms with Crippen molar-refractivity contribution in [2.45, 2.75) is 32.3 Å². The van der Waals surface area contributed by atoms with Crippen LogP contribution in [0.25, 0.3) is 0 Å². The van der Waals surface area contributed by atoms with Crippen molar-refractivity contribution in [2.75, 3.05) is 18.5 Å². The van der Waals surface area contributed by atoms with Gasteiger partial charge >= 0.3 is 5.97 Å². The first-order valence-corrected chi connectivity index (χ1v) is 7.89. The number of aliphatic carboxylic acids is 1. The van der Waals surface area contributed by atoms with E-state index in [0.29, 0.717) is 17.0 Å². The summed E-state index contributed by atoms with van der Waals surface area (Å²) in [6.07, 6.45) is -0.776. The van der Waals surface area contributed by atoms with Crippen LogP contribution < -0.4 is 15.0 Å². The zero-order valence-corrected chi connectivity index (χ0v) is 14.1. The minimum Gasteiger partial charge on any atom is -0.481 e. The SMILES string of the molecule is CC1Oc2ccc(C(=O)CCC(=O)NCCC(=O)O)cc2N(C)C1=O. The molecule has 1 aromatic rings. The molecule has 1 aromatic carbocycles. The van der Waals surface area contributed by atoms with Crippen molar-refractivity contribution in [2.24, 2.45) is 0 Å². The summed E-state index contributed by atoms with van der Waals surface area (Å²) in [5.41, 5.74) is 0.898. The molecule has 1 aliphatic rings. The van der Waals surface area contributed by atoms with Crippen LogP contribution in [0.5, 0.6) is 5.75 Å². The zero-order chi connectivity index (χ0) is 18.6. The zero-order valence-electron chi connectivity index (χ0n) is 14.1. The number of anilines is 1. The van der Waals surface area contributed by atoms with Crippen molar-refractivity contribution < 1.29 is 29.0 Å². The molecular formula is C17H20N2O6. The molecule has 0 saturated carbocycles. The summed E-state index contributed by atoms with van der Waals surface area (Å²) in [5.74, 6) is -1.29. The highest BCUT2D eigenvalue weighted by atomic mass is 16.5. The Bertz CT molecular complexity index is 715. The lowest BCUT2D eigenvalue weighted by atomic mass is 10.0. The number of benzene rings is 1. The smallest absolute Gasteiger partial charge is 0.305 e. The highest BCUT2D eigenvalue weighted by molar-refractivity contribution is 6.03. The summed E-state index contributed by atoms with van der Waals surface area (Å²) in [5, 5.41) is 10.9. The Morgan fingerprint density at radius 2 is 1.96 bits per heavy atom. The molecule has 8 nitrogen and oxygen atoms in total. The highest BCUT2D eigenvalue weighted by Gasteiger charge is 2.29. The number of Topliss-reactive ketones (excluding diaryl/α,β-unsaturated/α-hetero) is 1. The molecule has 0 radical (unpaired) electrons. The van der Waals surface area contributed by atoms with Gasteiger partial charge in [-0.25, -0.2) is 0 Å². The van der Waals surface area contributed by atoms with Crippen molar-refractivity contribution in [3.05, 3.63) is 23.8 Å². The van der Waals surface area contributed by atoms with Gasteiger partial charge in [-0.2, -0.15) is 0 Å². The van der Waals surface area contributed by atoms with E-state index in [1.165, 1.54) is 4.90 Å². The number of amides is 2. The molecule has 0 aromatic heterocycles. The topological polar surface area (TPSA) is 113 Å². The number of carbonyl (C=O) groups excluding carboxylic acids is 3. The summed E-state index contributed by atoms with van der Waals surface area (Å²) in [6.45, 7) is 1.69. The van der Waals surface area contributed by atoms with Crippen LogP contribution >= 0.6 is 0 Å². The second-order valence-corrected chi connectivity index (χ2v) is 5.76. The maximum Gasteiger partial charge on any atom is 0.305 e. The Labute approximate surface area is 144 Å². The lowest BCUT2D eigenvalue weighted by molar-refractivity contribution is -0.137. The number of rotatable bonds is 7. The minimum absolute atomic E-state index is 0.00733. The molecule has 0 bridgehead atoms. The minimum atomic E-state index is -0.999. The van der Waals surface area contributed by atoms with Gasteiger partial charge in [-0.1, -0.05) is 0 Å². The molecule has 2 N–H and O–H groups in total. The fraction of sp³-hybridized carbons (Fsp3) is 0.412. The van der Waals surface area contributed by atoms with Crippen LogP contribution in [-0.2, 0) is 14.4 Å². The molecule has 2 amide bonds. The first-order valence-electron chi connectivity index (χ1n) is 7.89. The molecule has 8 heteroatoms. The van der Waals surface area contributed by atoms with Crippen molar-refractivity contribution in [3.8, 4) is 5.75 Å². The molecule has 1 aliphatic heterocycles. The molecule has 0 fully saturated rings. The van der Waals surface area contributed by atoms with Gasteiger partial charge in [0.2, 0.25) is 5.91 Å². The quantitative estimate of drug-likeness (QED) is 0.710. The van der Waals surface area contributed by atoms with Gasteiger partial charge in [-0.15, -0.1) is 0 Å². The van der Waals surface area contributed by atoms with Gasteiger partial charge in [0.05, 0.1) is 12.1 Å². The summed E-state index contributed by atoms with van der Waals surface area (Å²) in [6, 6.07) is 4.80. The van der Waals surface area contributed by atoms with Gasteiger partial charge in [0.25, 0.3) is 5.91 Å². The Morgan fingerprint density at radius 3 is 2.64 bits per heavy atom. The average Bonchev–Trinajstić information content (AvgIpc) is 2.57. The van der Waals surface area contributed by atoms with E-state index in [2.05, 4.69) is 5.32 Å². The molecule has 25 heavy (non-hydrogen) atoms. The summed E-state index contributed by atoms with van der Waals surface area (Å²) >= 11 is 0. The number of ketones is 1. The van der Waals surface area contributed by atoms with E-state index in [4.69, 9.17) is 9.84 Å². The molecule has 0 saturated heterocycles. The van der Waals surface area contributed by atoms with Gasteiger partial charge in [0.1, 0.15) is 5.75 Å². The average molecular weight is 348 g/mol. The number of hydrogen-bond donors (Lipinski definition) is 2. The number of fused-ring (bicyclic) bond motifs is 1. The number of carboxylic acids is 1. The number of hydrogen-bond acceptors (Lipinski definition) is 5. The van der Waals surface area contributed by atoms with E-state index in [0.717, 1.165) is 0 Å². The van der Waals surface area contributed by atoms with Crippen LogP contribution in [0.3, 0.4) is 0 Å². The van der Waals surface area contributed by atoms with Crippen LogP contribution in [-0.4, -0.2) is 48.4 Å².